The van der Waals surface area contributed by atoms with Crippen LogP contribution in [0, 0.1) is 5.82 Å². The van der Waals surface area contributed by atoms with Gasteiger partial charge in [0, 0.05) is 23.9 Å². The van der Waals surface area contributed by atoms with Gasteiger partial charge >= 0.3 is 0 Å². The number of pyridine rings is 1. The molecule has 0 amide bonds. The topological polar surface area (TPSA) is 65.1 Å². The molecule has 0 atom stereocenters. The average molecular weight is 377 g/mol. The molecule has 0 radical (unpaired) electrons. The molecule has 0 unspecified atom stereocenters. The van der Waals surface area contributed by atoms with Gasteiger partial charge in [0.2, 0.25) is 0 Å². The maximum atomic E-state index is 14.0. The van der Waals surface area contributed by atoms with Crippen LogP contribution in [0.25, 0.3) is 16.7 Å². The zero-order valence-corrected chi connectivity index (χ0v) is 15.4. The third-order valence-corrected chi connectivity index (χ3v) is 5.59. The van der Waals surface area contributed by atoms with Crippen LogP contribution in [0.5, 0.6) is 0 Å². The molecule has 142 valence electrons. The first-order valence-electron chi connectivity index (χ1n) is 9.69. The Kier molecular flexibility index (Phi) is 4.15. The first kappa shape index (κ1) is 17.0. The van der Waals surface area contributed by atoms with E-state index >= 15 is 0 Å². The normalized spacial score (nSPS) is 15.5. The second kappa shape index (κ2) is 6.82. The van der Waals surface area contributed by atoms with Crippen molar-refractivity contribution in [3.05, 3.63) is 70.3 Å². The van der Waals surface area contributed by atoms with Crippen LogP contribution in [0.4, 0.5) is 4.39 Å². The van der Waals surface area contributed by atoms with E-state index in [0.29, 0.717) is 28.2 Å². The second-order valence-electron chi connectivity index (χ2n) is 7.41. The van der Waals surface area contributed by atoms with Crippen LogP contribution in [0.3, 0.4) is 0 Å². The fraction of sp³-hybridized carbons (Fsp3) is 0.333. The number of benzene rings is 1. The quantitative estimate of drug-likeness (QED) is 0.546. The van der Waals surface area contributed by atoms with Crippen LogP contribution >= 0.6 is 0 Å². The fourth-order valence-electron chi connectivity index (χ4n) is 4.04. The van der Waals surface area contributed by atoms with E-state index in [9.17, 15) is 9.18 Å². The molecule has 28 heavy (non-hydrogen) atoms. The van der Waals surface area contributed by atoms with Crippen LogP contribution in [0.15, 0.2) is 47.5 Å². The first-order valence-corrected chi connectivity index (χ1v) is 9.69. The van der Waals surface area contributed by atoms with E-state index in [0.717, 1.165) is 18.7 Å². The fourth-order valence-corrected chi connectivity index (χ4v) is 4.04. The summed E-state index contributed by atoms with van der Waals surface area (Å²) in [5.74, 6) is 1.37. The molecule has 1 saturated carbocycles. The molecule has 0 N–H and O–H groups in total. The van der Waals surface area contributed by atoms with E-state index < -0.39 is 0 Å². The van der Waals surface area contributed by atoms with Crippen molar-refractivity contribution < 1.29 is 4.39 Å². The van der Waals surface area contributed by atoms with Crippen molar-refractivity contribution in [2.75, 3.05) is 0 Å². The minimum Gasteiger partial charge on any atom is -0.310 e. The number of aromatic nitrogens is 5. The molecule has 1 aromatic carbocycles. The van der Waals surface area contributed by atoms with Gasteiger partial charge in [-0.3, -0.25) is 4.79 Å². The molecule has 1 aliphatic rings. The van der Waals surface area contributed by atoms with Crippen molar-refractivity contribution >= 4 is 16.7 Å². The molecule has 3 heterocycles. The Morgan fingerprint density at radius 1 is 1.11 bits per heavy atom. The maximum Gasteiger partial charge on any atom is 0.261 e. The first-order chi connectivity index (χ1) is 13.7. The predicted octanol–water partition coefficient (Wildman–Crippen LogP) is 3.67. The molecule has 7 heteroatoms. The zero-order chi connectivity index (χ0) is 19.1. The highest BCUT2D eigenvalue weighted by molar-refractivity contribution is 5.78. The number of rotatable bonds is 3. The standard InChI is InChI=1S/C21H20FN5O/c22-17-9-5-4-8-15(17)13-26-11-10-18-16(20(26)28)12-23-21-24-19(25-27(18)21)14-6-2-1-3-7-14/h4-5,8-12,14H,1-3,6-7,13H2. The highest BCUT2D eigenvalue weighted by Gasteiger charge is 2.21. The predicted molar refractivity (Wildman–Crippen MR) is 104 cm³/mol. The molecule has 3 aromatic heterocycles. The summed E-state index contributed by atoms with van der Waals surface area (Å²) < 4.78 is 17.1. The van der Waals surface area contributed by atoms with E-state index in [1.54, 1.807) is 35.1 Å². The largest absolute Gasteiger partial charge is 0.310 e. The van der Waals surface area contributed by atoms with Crippen molar-refractivity contribution in [2.45, 2.75) is 44.6 Å². The van der Waals surface area contributed by atoms with E-state index in [-0.39, 0.29) is 17.9 Å². The lowest BCUT2D eigenvalue weighted by Crippen LogP contribution is -2.21. The van der Waals surface area contributed by atoms with Crippen molar-refractivity contribution in [2.24, 2.45) is 0 Å². The summed E-state index contributed by atoms with van der Waals surface area (Å²) in [4.78, 5) is 21.9. The van der Waals surface area contributed by atoms with E-state index in [2.05, 4.69) is 15.1 Å². The van der Waals surface area contributed by atoms with E-state index in [4.69, 9.17) is 0 Å². The minimum atomic E-state index is -0.323. The van der Waals surface area contributed by atoms with Crippen LogP contribution in [0.2, 0.25) is 0 Å². The summed E-state index contributed by atoms with van der Waals surface area (Å²) in [6.45, 7) is 0.171. The van der Waals surface area contributed by atoms with Gasteiger partial charge in [-0.15, -0.1) is 5.10 Å². The monoisotopic (exact) mass is 377 g/mol. The van der Waals surface area contributed by atoms with Crippen molar-refractivity contribution in [1.82, 2.24) is 24.1 Å². The van der Waals surface area contributed by atoms with Gasteiger partial charge in [-0.1, -0.05) is 37.5 Å². The van der Waals surface area contributed by atoms with Crippen LogP contribution in [0.1, 0.15) is 49.4 Å². The summed E-state index contributed by atoms with van der Waals surface area (Å²) in [5.41, 5.74) is 0.928. The lowest BCUT2D eigenvalue weighted by atomic mass is 9.89. The number of nitrogens with zero attached hydrogens (tertiary/aromatic N) is 5. The molecular weight excluding hydrogens is 357 g/mol. The summed E-state index contributed by atoms with van der Waals surface area (Å²) in [6.07, 6.45) is 9.11. The number of hydrogen-bond donors (Lipinski definition) is 0. The van der Waals surface area contributed by atoms with E-state index in [1.807, 2.05) is 6.07 Å². The van der Waals surface area contributed by atoms with Crippen LogP contribution in [-0.2, 0) is 6.54 Å². The summed E-state index contributed by atoms with van der Waals surface area (Å²) in [5, 5.41) is 5.12. The Labute approximate surface area is 160 Å². The van der Waals surface area contributed by atoms with Gasteiger partial charge in [-0.25, -0.2) is 9.37 Å². The summed E-state index contributed by atoms with van der Waals surface area (Å²) >= 11 is 0. The van der Waals surface area contributed by atoms with Gasteiger partial charge in [-0.2, -0.15) is 9.50 Å². The summed E-state index contributed by atoms with van der Waals surface area (Å²) in [6, 6.07) is 8.30. The molecule has 0 spiro atoms. The Balaban J connectivity index is 1.58. The zero-order valence-electron chi connectivity index (χ0n) is 15.4. The SMILES string of the molecule is O=c1c2cnc3nc(C4CCCCC4)nn3c2ccn1Cc1ccccc1F. The smallest absolute Gasteiger partial charge is 0.261 e. The van der Waals surface area contributed by atoms with Gasteiger partial charge in [0.05, 0.1) is 17.4 Å². The molecule has 5 rings (SSSR count). The van der Waals surface area contributed by atoms with Gasteiger partial charge < -0.3 is 4.57 Å². The van der Waals surface area contributed by atoms with Crippen molar-refractivity contribution in [3.8, 4) is 0 Å². The average Bonchev–Trinajstić information content (AvgIpc) is 3.17. The number of halogens is 1. The molecule has 0 saturated heterocycles. The summed E-state index contributed by atoms with van der Waals surface area (Å²) in [7, 11) is 0. The molecule has 1 aliphatic carbocycles. The molecule has 0 aliphatic heterocycles. The molecular formula is C21H20FN5O. The van der Waals surface area contributed by atoms with Crippen LogP contribution < -0.4 is 5.56 Å². The van der Waals surface area contributed by atoms with Crippen molar-refractivity contribution in [1.29, 1.82) is 0 Å². The Morgan fingerprint density at radius 2 is 1.93 bits per heavy atom. The lowest BCUT2D eigenvalue weighted by Gasteiger charge is -2.17. The molecule has 6 nitrogen and oxygen atoms in total. The molecule has 0 bridgehead atoms. The van der Waals surface area contributed by atoms with Crippen LogP contribution in [-0.4, -0.2) is 24.1 Å². The minimum absolute atomic E-state index is 0.171. The van der Waals surface area contributed by atoms with Gasteiger partial charge in [0.1, 0.15) is 5.82 Å². The third kappa shape index (κ3) is 2.87. The second-order valence-corrected chi connectivity index (χ2v) is 7.41. The highest BCUT2D eigenvalue weighted by Crippen LogP contribution is 2.31. The number of hydrogen-bond acceptors (Lipinski definition) is 4. The van der Waals surface area contributed by atoms with Gasteiger partial charge in [0.15, 0.2) is 5.82 Å². The number of fused-ring (bicyclic) bond motifs is 3. The maximum absolute atomic E-state index is 14.0. The van der Waals surface area contributed by atoms with E-state index in [1.165, 1.54) is 29.9 Å². The lowest BCUT2D eigenvalue weighted by molar-refractivity contribution is 0.429. The molecule has 4 aromatic rings. The highest BCUT2D eigenvalue weighted by atomic mass is 19.1. The van der Waals surface area contributed by atoms with Gasteiger partial charge in [-0.05, 0) is 25.0 Å². The third-order valence-electron chi connectivity index (χ3n) is 5.59. The van der Waals surface area contributed by atoms with Gasteiger partial charge in [0.25, 0.3) is 11.3 Å². The Morgan fingerprint density at radius 3 is 2.75 bits per heavy atom. The Bertz CT molecular complexity index is 1220. The Hall–Kier alpha value is -3.09. The molecule has 1 fully saturated rings. The van der Waals surface area contributed by atoms with Crippen molar-refractivity contribution in [3.63, 3.8) is 0 Å².